The van der Waals surface area contributed by atoms with Gasteiger partial charge in [0.2, 0.25) is 11.8 Å². The quantitative estimate of drug-likeness (QED) is 0.541. The predicted molar refractivity (Wildman–Crippen MR) is 109 cm³/mol. The van der Waals surface area contributed by atoms with Crippen molar-refractivity contribution in [1.82, 2.24) is 15.4 Å². The zero-order valence-electron chi connectivity index (χ0n) is 16.6. The number of benzene rings is 1. The zero-order valence-corrected chi connectivity index (χ0v) is 16.6. The summed E-state index contributed by atoms with van der Waals surface area (Å²) < 4.78 is 10.5. The van der Waals surface area contributed by atoms with Crippen LogP contribution in [0.5, 0.6) is 17.4 Å². The van der Waals surface area contributed by atoms with Crippen molar-refractivity contribution in [2.45, 2.75) is 26.2 Å². The van der Waals surface area contributed by atoms with Crippen LogP contribution in [0.15, 0.2) is 29.4 Å². The largest absolute Gasteiger partial charge is 0.504 e. The molecule has 0 saturated carbocycles. The summed E-state index contributed by atoms with van der Waals surface area (Å²) in [6, 6.07) is 6.68. The Morgan fingerprint density at radius 1 is 1.31 bits per heavy atom. The standard InChI is InChI=1S/C20H25N5O4/c1-14-11-18(23-20(22-14)25-9-4-3-5-10-25)29-13-17(26)24-21-12-15-7-6-8-16(28-2)19(15)27/h6-8,11-12,27H,3-5,9-10,13H2,1-2H3,(H,24,26)/b21-12+. The number of aromatic nitrogens is 2. The molecule has 9 heteroatoms. The number of para-hydroxylation sites is 1. The number of hydrazone groups is 1. The molecule has 0 bridgehead atoms. The molecule has 0 atom stereocenters. The lowest BCUT2D eigenvalue weighted by Gasteiger charge is -2.26. The smallest absolute Gasteiger partial charge is 0.278 e. The molecule has 9 nitrogen and oxygen atoms in total. The van der Waals surface area contributed by atoms with Crippen molar-refractivity contribution < 1.29 is 19.4 Å². The Hall–Kier alpha value is -3.36. The normalized spacial score (nSPS) is 14.1. The molecule has 29 heavy (non-hydrogen) atoms. The highest BCUT2D eigenvalue weighted by molar-refractivity contribution is 5.86. The Balaban J connectivity index is 1.55. The third kappa shape index (κ3) is 5.56. The van der Waals surface area contributed by atoms with Crippen LogP contribution in [0.4, 0.5) is 5.95 Å². The topological polar surface area (TPSA) is 109 Å². The van der Waals surface area contributed by atoms with E-state index in [0.29, 0.717) is 23.1 Å². The number of methoxy groups -OCH3 is 1. The molecule has 0 aliphatic carbocycles. The highest BCUT2D eigenvalue weighted by Gasteiger charge is 2.15. The number of hydrogen-bond acceptors (Lipinski definition) is 8. The van der Waals surface area contributed by atoms with E-state index in [1.807, 2.05) is 6.92 Å². The summed E-state index contributed by atoms with van der Waals surface area (Å²) in [5.41, 5.74) is 3.56. The van der Waals surface area contributed by atoms with Gasteiger partial charge in [0, 0.05) is 30.4 Å². The Morgan fingerprint density at radius 3 is 2.86 bits per heavy atom. The van der Waals surface area contributed by atoms with Crippen LogP contribution >= 0.6 is 0 Å². The van der Waals surface area contributed by atoms with Gasteiger partial charge in [0.1, 0.15) is 0 Å². The molecule has 1 aromatic carbocycles. The van der Waals surface area contributed by atoms with E-state index in [1.165, 1.54) is 19.7 Å². The van der Waals surface area contributed by atoms with Crippen molar-refractivity contribution >= 4 is 18.1 Å². The maximum atomic E-state index is 12.0. The minimum atomic E-state index is -0.445. The van der Waals surface area contributed by atoms with Gasteiger partial charge in [-0.25, -0.2) is 10.4 Å². The molecule has 154 valence electrons. The summed E-state index contributed by atoms with van der Waals surface area (Å²) >= 11 is 0. The number of phenolic OH excluding ortho intramolecular Hbond substituents is 1. The van der Waals surface area contributed by atoms with Gasteiger partial charge in [0.15, 0.2) is 18.1 Å². The molecule has 0 radical (unpaired) electrons. The average molecular weight is 399 g/mol. The van der Waals surface area contributed by atoms with E-state index in [1.54, 1.807) is 24.3 Å². The highest BCUT2D eigenvalue weighted by atomic mass is 16.5. The Morgan fingerprint density at radius 2 is 2.10 bits per heavy atom. The molecular weight excluding hydrogens is 374 g/mol. The Bertz CT molecular complexity index is 881. The first kappa shape index (κ1) is 20.4. The van der Waals surface area contributed by atoms with Crippen molar-refractivity contribution in [2.75, 3.05) is 31.7 Å². The lowest BCUT2D eigenvalue weighted by atomic mass is 10.1. The molecule has 1 aliphatic rings. The van der Waals surface area contributed by atoms with Crippen LogP contribution in [-0.2, 0) is 4.79 Å². The number of amides is 1. The number of piperidine rings is 1. The van der Waals surface area contributed by atoms with Crippen LogP contribution in [-0.4, -0.2) is 54.0 Å². The van der Waals surface area contributed by atoms with Gasteiger partial charge in [-0.3, -0.25) is 4.79 Å². The molecule has 1 aliphatic heterocycles. The molecule has 3 rings (SSSR count). The lowest BCUT2D eigenvalue weighted by molar-refractivity contribution is -0.123. The van der Waals surface area contributed by atoms with Crippen LogP contribution in [0.3, 0.4) is 0 Å². The first-order valence-corrected chi connectivity index (χ1v) is 9.48. The molecule has 2 heterocycles. The molecule has 2 N–H and O–H groups in total. The van der Waals surface area contributed by atoms with Gasteiger partial charge in [0.25, 0.3) is 5.91 Å². The molecule has 1 saturated heterocycles. The summed E-state index contributed by atoms with van der Waals surface area (Å²) in [6.45, 7) is 3.48. The molecule has 1 fully saturated rings. The van der Waals surface area contributed by atoms with Crippen molar-refractivity contribution in [3.63, 3.8) is 0 Å². The number of nitrogens with zero attached hydrogens (tertiary/aromatic N) is 4. The fourth-order valence-electron chi connectivity index (χ4n) is 2.99. The fraction of sp³-hybridized carbons (Fsp3) is 0.400. The second-order valence-electron chi connectivity index (χ2n) is 6.68. The summed E-state index contributed by atoms with van der Waals surface area (Å²) in [5, 5.41) is 13.8. The number of carbonyl (C=O) groups excluding carboxylic acids is 1. The van der Waals surface area contributed by atoms with E-state index in [9.17, 15) is 9.90 Å². The minimum absolute atomic E-state index is 0.0500. The summed E-state index contributed by atoms with van der Waals surface area (Å²) in [5.74, 6) is 0.812. The van der Waals surface area contributed by atoms with Crippen molar-refractivity contribution in [2.24, 2.45) is 5.10 Å². The van der Waals surface area contributed by atoms with Gasteiger partial charge in [-0.05, 0) is 38.3 Å². The maximum absolute atomic E-state index is 12.0. The number of aromatic hydroxyl groups is 1. The number of aryl methyl sites for hydroxylation is 1. The second-order valence-corrected chi connectivity index (χ2v) is 6.68. The van der Waals surface area contributed by atoms with Gasteiger partial charge in [0.05, 0.1) is 13.3 Å². The summed E-state index contributed by atoms with van der Waals surface area (Å²) in [7, 11) is 1.46. The van der Waals surface area contributed by atoms with Gasteiger partial charge in [-0.2, -0.15) is 10.1 Å². The van der Waals surface area contributed by atoms with Gasteiger partial charge in [-0.15, -0.1) is 0 Å². The molecule has 0 unspecified atom stereocenters. The number of anilines is 1. The van der Waals surface area contributed by atoms with Crippen LogP contribution in [0.2, 0.25) is 0 Å². The van der Waals surface area contributed by atoms with Gasteiger partial charge >= 0.3 is 0 Å². The van der Waals surface area contributed by atoms with Crippen LogP contribution in [0.25, 0.3) is 0 Å². The second kappa shape index (κ2) is 9.72. The van der Waals surface area contributed by atoms with E-state index in [-0.39, 0.29) is 12.4 Å². The summed E-state index contributed by atoms with van der Waals surface area (Å²) in [4.78, 5) is 23.0. The van der Waals surface area contributed by atoms with E-state index in [0.717, 1.165) is 31.6 Å². The number of hydrogen-bond donors (Lipinski definition) is 2. The lowest BCUT2D eigenvalue weighted by Crippen LogP contribution is -2.31. The molecule has 1 amide bonds. The highest BCUT2D eigenvalue weighted by Crippen LogP contribution is 2.27. The molecule has 1 aromatic heterocycles. The Labute approximate surface area is 169 Å². The van der Waals surface area contributed by atoms with Crippen LogP contribution in [0.1, 0.15) is 30.5 Å². The number of rotatable bonds is 7. The average Bonchev–Trinajstić information content (AvgIpc) is 2.74. The SMILES string of the molecule is COc1cccc(/C=N/NC(=O)COc2cc(C)nc(N3CCCCC3)n2)c1O. The molecular formula is C20H25N5O4. The summed E-state index contributed by atoms with van der Waals surface area (Å²) in [6.07, 6.45) is 4.80. The maximum Gasteiger partial charge on any atom is 0.278 e. The van der Waals surface area contributed by atoms with E-state index < -0.39 is 5.91 Å². The molecule has 0 spiro atoms. The predicted octanol–water partition coefficient (Wildman–Crippen LogP) is 2.02. The fourth-order valence-corrected chi connectivity index (χ4v) is 2.99. The number of ether oxygens (including phenoxy) is 2. The first-order valence-electron chi connectivity index (χ1n) is 9.48. The first-order chi connectivity index (χ1) is 14.1. The van der Waals surface area contributed by atoms with Gasteiger partial charge in [-0.1, -0.05) is 6.07 Å². The van der Waals surface area contributed by atoms with E-state index in [2.05, 4.69) is 25.4 Å². The third-order valence-corrected chi connectivity index (χ3v) is 4.45. The van der Waals surface area contributed by atoms with Crippen LogP contribution in [0, 0.1) is 6.92 Å². The van der Waals surface area contributed by atoms with Crippen molar-refractivity contribution in [1.29, 1.82) is 0 Å². The zero-order chi connectivity index (χ0) is 20.6. The van der Waals surface area contributed by atoms with Gasteiger partial charge < -0.3 is 19.5 Å². The molecule has 2 aromatic rings. The van der Waals surface area contributed by atoms with Crippen LogP contribution < -0.4 is 19.8 Å². The Kier molecular flexibility index (Phi) is 6.83. The van der Waals surface area contributed by atoms with Crippen molar-refractivity contribution in [3.8, 4) is 17.4 Å². The monoisotopic (exact) mass is 399 g/mol. The minimum Gasteiger partial charge on any atom is -0.504 e. The number of nitrogens with one attached hydrogen (secondary N) is 1. The van der Waals surface area contributed by atoms with E-state index >= 15 is 0 Å². The van der Waals surface area contributed by atoms with Crippen molar-refractivity contribution in [3.05, 3.63) is 35.5 Å². The third-order valence-electron chi connectivity index (χ3n) is 4.45. The number of carbonyl (C=O) groups is 1. The van der Waals surface area contributed by atoms with E-state index in [4.69, 9.17) is 9.47 Å². The number of phenols is 1.